The van der Waals surface area contributed by atoms with Gasteiger partial charge in [0.1, 0.15) is 0 Å². The van der Waals surface area contributed by atoms with Crippen molar-refractivity contribution in [2.24, 2.45) is 11.8 Å². The molecule has 1 N–H and O–H groups in total. The quantitative estimate of drug-likeness (QED) is 0.788. The summed E-state index contributed by atoms with van der Waals surface area (Å²) in [5.41, 5.74) is -0.428. The molecule has 2 rings (SSSR count). The van der Waals surface area contributed by atoms with Crippen molar-refractivity contribution in [3.63, 3.8) is 0 Å². The predicted molar refractivity (Wildman–Crippen MR) is 74.1 cm³/mol. The maximum Gasteiger partial charge on any atom is 0.418 e. The Morgan fingerprint density at radius 2 is 2.05 bits per heavy atom. The van der Waals surface area contributed by atoms with Crippen molar-refractivity contribution >= 4 is 21.6 Å². The third kappa shape index (κ3) is 3.65. The van der Waals surface area contributed by atoms with Crippen LogP contribution in [0.2, 0.25) is 0 Å². The van der Waals surface area contributed by atoms with Crippen LogP contribution in [0.5, 0.6) is 0 Å². The monoisotopic (exact) mass is 335 g/mol. The molecule has 0 aliphatic heterocycles. The molecule has 0 spiro atoms. The summed E-state index contributed by atoms with van der Waals surface area (Å²) < 4.78 is 39.3. The van der Waals surface area contributed by atoms with Gasteiger partial charge in [0.2, 0.25) is 0 Å². The van der Waals surface area contributed by atoms with Crippen LogP contribution in [0.4, 0.5) is 18.9 Å². The van der Waals surface area contributed by atoms with Gasteiger partial charge in [0.25, 0.3) is 0 Å². The summed E-state index contributed by atoms with van der Waals surface area (Å²) in [6, 6.07) is 4.25. The number of anilines is 1. The van der Waals surface area contributed by atoms with Crippen LogP contribution in [0.15, 0.2) is 22.7 Å². The summed E-state index contributed by atoms with van der Waals surface area (Å²) >= 11 is 3.09. The molecule has 19 heavy (non-hydrogen) atoms. The van der Waals surface area contributed by atoms with E-state index in [2.05, 4.69) is 28.2 Å². The van der Waals surface area contributed by atoms with Crippen molar-refractivity contribution in [1.82, 2.24) is 0 Å². The summed E-state index contributed by atoms with van der Waals surface area (Å²) in [6.07, 6.45) is -0.863. The number of rotatable bonds is 3. The van der Waals surface area contributed by atoms with E-state index in [1.807, 2.05) is 0 Å². The highest BCUT2D eigenvalue weighted by Gasteiger charge is 2.34. The van der Waals surface area contributed by atoms with Crippen LogP contribution in [-0.2, 0) is 6.18 Å². The molecule has 1 aliphatic carbocycles. The average molecular weight is 336 g/mol. The van der Waals surface area contributed by atoms with Gasteiger partial charge in [-0.25, -0.2) is 0 Å². The molecular weight excluding hydrogens is 319 g/mol. The van der Waals surface area contributed by atoms with Gasteiger partial charge in [0.05, 0.1) is 5.56 Å². The van der Waals surface area contributed by atoms with E-state index in [0.717, 1.165) is 12.5 Å². The Morgan fingerprint density at radius 3 is 2.63 bits per heavy atom. The summed E-state index contributed by atoms with van der Waals surface area (Å²) in [5, 5.41) is 2.98. The molecule has 1 aromatic rings. The Labute approximate surface area is 119 Å². The molecule has 2 atom stereocenters. The number of nitrogens with one attached hydrogen (secondary N) is 1. The lowest BCUT2D eigenvalue weighted by atomic mass is 9.98. The molecule has 0 aromatic heterocycles. The molecule has 1 saturated carbocycles. The van der Waals surface area contributed by atoms with Crippen molar-refractivity contribution in [3.05, 3.63) is 28.2 Å². The fraction of sp³-hybridized carbons (Fsp3) is 0.571. The third-order valence-electron chi connectivity index (χ3n) is 3.88. The van der Waals surface area contributed by atoms with Crippen LogP contribution in [0, 0.1) is 11.8 Å². The second-order valence-electron chi connectivity index (χ2n) is 5.24. The van der Waals surface area contributed by atoms with Gasteiger partial charge in [-0.05, 0) is 36.5 Å². The number of hydrogen-bond acceptors (Lipinski definition) is 1. The number of halogens is 4. The van der Waals surface area contributed by atoms with Gasteiger partial charge < -0.3 is 5.32 Å². The molecule has 106 valence electrons. The van der Waals surface area contributed by atoms with Crippen molar-refractivity contribution in [2.75, 3.05) is 11.9 Å². The minimum atomic E-state index is -4.33. The molecule has 1 fully saturated rings. The number of alkyl halides is 3. The van der Waals surface area contributed by atoms with E-state index < -0.39 is 11.7 Å². The normalized spacial score (nSPS) is 23.6. The van der Waals surface area contributed by atoms with Crippen LogP contribution in [0.25, 0.3) is 0 Å². The van der Waals surface area contributed by atoms with Crippen molar-refractivity contribution in [2.45, 2.75) is 32.4 Å². The first-order valence-corrected chi connectivity index (χ1v) is 7.28. The molecule has 0 amide bonds. The second kappa shape index (κ2) is 5.73. The van der Waals surface area contributed by atoms with E-state index in [9.17, 15) is 13.2 Å². The minimum absolute atomic E-state index is 0.176. The van der Waals surface area contributed by atoms with Crippen LogP contribution in [0.1, 0.15) is 31.7 Å². The van der Waals surface area contributed by atoms with Crippen LogP contribution < -0.4 is 5.32 Å². The summed E-state index contributed by atoms with van der Waals surface area (Å²) in [5.74, 6) is 1.07. The third-order valence-corrected chi connectivity index (χ3v) is 4.37. The second-order valence-corrected chi connectivity index (χ2v) is 6.15. The van der Waals surface area contributed by atoms with E-state index in [4.69, 9.17) is 0 Å². The molecule has 0 bridgehead atoms. The smallest absolute Gasteiger partial charge is 0.384 e. The first-order valence-electron chi connectivity index (χ1n) is 6.48. The van der Waals surface area contributed by atoms with Crippen molar-refractivity contribution < 1.29 is 13.2 Å². The van der Waals surface area contributed by atoms with E-state index in [1.165, 1.54) is 18.9 Å². The summed E-state index contributed by atoms with van der Waals surface area (Å²) in [4.78, 5) is 0. The first-order chi connectivity index (χ1) is 8.88. The SMILES string of the molecule is CC1CCCC1CNc1ccc(Br)cc1C(F)(F)F. The topological polar surface area (TPSA) is 12.0 Å². The van der Waals surface area contributed by atoms with E-state index in [-0.39, 0.29) is 5.69 Å². The standard InChI is InChI=1S/C14H17BrF3N/c1-9-3-2-4-10(9)8-19-13-6-5-11(15)7-12(13)14(16,17)18/h5-7,9-10,19H,2-4,8H2,1H3. The number of hydrogen-bond donors (Lipinski definition) is 1. The maximum atomic E-state index is 12.9. The Morgan fingerprint density at radius 1 is 1.32 bits per heavy atom. The van der Waals surface area contributed by atoms with Crippen molar-refractivity contribution in [1.29, 1.82) is 0 Å². The van der Waals surface area contributed by atoms with Gasteiger partial charge in [0, 0.05) is 16.7 Å². The van der Waals surface area contributed by atoms with Gasteiger partial charge in [-0.2, -0.15) is 13.2 Å². The van der Waals surface area contributed by atoms with E-state index in [0.29, 0.717) is 22.9 Å². The Balaban J connectivity index is 2.11. The highest BCUT2D eigenvalue weighted by atomic mass is 79.9. The van der Waals surface area contributed by atoms with Crippen LogP contribution in [-0.4, -0.2) is 6.54 Å². The van der Waals surface area contributed by atoms with Crippen molar-refractivity contribution in [3.8, 4) is 0 Å². The molecular formula is C14H17BrF3N. The highest BCUT2D eigenvalue weighted by Crippen LogP contribution is 2.37. The Bertz CT molecular complexity index is 445. The molecule has 5 heteroatoms. The average Bonchev–Trinajstić information content (AvgIpc) is 2.72. The zero-order valence-electron chi connectivity index (χ0n) is 10.7. The predicted octanol–water partition coefficient (Wildman–Crippen LogP) is 5.32. The molecule has 1 nitrogen and oxygen atoms in total. The van der Waals surface area contributed by atoms with E-state index in [1.54, 1.807) is 6.07 Å². The Kier molecular flexibility index (Phi) is 4.43. The van der Waals surface area contributed by atoms with Crippen LogP contribution >= 0.6 is 15.9 Å². The van der Waals surface area contributed by atoms with Gasteiger partial charge in [-0.1, -0.05) is 35.7 Å². The summed E-state index contributed by atoms with van der Waals surface area (Å²) in [7, 11) is 0. The molecule has 0 heterocycles. The van der Waals surface area contributed by atoms with Crippen LogP contribution in [0.3, 0.4) is 0 Å². The first kappa shape index (κ1) is 14.7. The summed E-state index contributed by atoms with van der Waals surface area (Å²) in [6.45, 7) is 2.79. The minimum Gasteiger partial charge on any atom is -0.384 e. The zero-order valence-corrected chi connectivity index (χ0v) is 12.3. The largest absolute Gasteiger partial charge is 0.418 e. The van der Waals surface area contributed by atoms with Gasteiger partial charge in [0.15, 0.2) is 0 Å². The molecule has 1 aliphatic rings. The van der Waals surface area contributed by atoms with Gasteiger partial charge in [-0.15, -0.1) is 0 Å². The zero-order chi connectivity index (χ0) is 14.0. The van der Waals surface area contributed by atoms with Gasteiger partial charge in [-0.3, -0.25) is 0 Å². The van der Waals surface area contributed by atoms with E-state index >= 15 is 0 Å². The fourth-order valence-electron chi connectivity index (χ4n) is 2.67. The highest BCUT2D eigenvalue weighted by molar-refractivity contribution is 9.10. The molecule has 1 aromatic carbocycles. The molecule has 0 radical (unpaired) electrons. The lowest BCUT2D eigenvalue weighted by molar-refractivity contribution is -0.137. The maximum absolute atomic E-state index is 12.9. The Hall–Kier alpha value is -0.710. The molecule has 2 unspecified atom stereocenters. The fourth-order valence-corrected chi connectivity index (χ4v) is 3.03. The molecule has 0 saturated heterocycles. The number of benzene rings is 1. The lowest BCUT2D eigenvalue weighted by Crippen LogP contribution is -2.19. The lowest BCUT2D eigenvalue weighted by Gasteiger charge is -2.19. The van der Waals surface area contributed by atoms with Gasteiger partial charge >= 0.3 is 6.18 Å².